The monoisotopic (exact) mass is 387 g/mol. The molecule has 0 aromatic heterocycles. The first-order valence-electron chi connectivity index (χ1n) is 9.08. The Kier molecular flexibility index (Phi) is 6.20. The van der Waals surface area contributed by atoms with Crippen LogP contribution < -0.4 is 4.74 Å². The second-order valence-corrected chi connectivity index (χ2v) is 6.91. The van der Waals surface area contributed by atoms with Crippen LogP contribution in [-0.4, -0.2) is 47.0 Å². The maximum atomic E-state index is 13.2. The predicted molar refractivity (Wildman–Crippen MR) is 102 cm³/mol. The lowest BCUT2D eigenvalue weighted by atomic mass is 10.0. The molecule has 0 bridgehead atoms. The molecule has 0 N–H and O–H groups in total. The standard InChI is InChI=1S/C20H22FN3O4/c1-22-12-10-17(11-13-22)23(14-15-2-4-16(21)5-3-15)20(25)28-19-8-6-18(7-9-19)24(26)27/h2-9,17H,10-14H2,1H3. The molecule has 1 amide bonds. The zero-order valence-corrected chi connectivity index (χ0v) is 15.6. The van der Waals surface area contributed by atoms with Crippen molar-refractivity contribution >= 4 is 11.8 Å². The van der Waals surface area contributed by atoms with Crippen LogP contribution >= 0.6 is 0 Å². The Bertz CT molecular complexity index is 818. The molecule has 7 nitrogen and oxygen atoms in total. The van der Waals surface area contributed by atoms with Crippen molar-refractivity contribution < 1.29 is 18.8 Å². The summed E-state index contributed by atoms with van der Waals surface area (Å²) < 4.78 is 18.7. The van der Waals surface area contributed by atoms with Crippen LogP contribution in [0.2, 0.25) is 0 Å². The van der Waals surface area contributed by atoms with E-state index >= 15 is 0 Å². The predicted octanol–water partition coefficient (Wildman–Crippen LogP) is 3.83. The van der Waals surface area contributed by atoms with E-state index in [0.29, 0.717) is 6.54 Å². The zero-order valence-electron chi connectivity index (χ0n) is 15.6. The molecule has 148 valence electrons. The summed E-state index contributed by atoms with van der Waals surface area (Å²) in [5.74, 6) is -0.0873. The van der Waals surface area contributed by atoms with Crippen LogP contribution in [0.3, 0.4) is 0 Å². The Labute approximate surface area is 162 Å². The van der Waals surface area contributed by atoms with Gasteiger partial charge in [0.05, 0.1) is 4.92 Å². The second-order valence-electron chi connectivity index (χ2n) is 6.91. The van der Waals surface area contributed by atoms with Gasteiger partial charge in [0.2, 0.25) is 0 Å². The van der Waals surface area contributed by atoms with E-state index in [9.17, 15) is 19.3 Å². The Morgan fingerprint density at radius 2 is 1.79 bits per heavy atom. The molecule has 1 fully saturated rings. The number of piperidine rings is 1. The molecule has 0 radical (unpaired) electrons. The highest BCUT2D eigenvalue weighted by molar-refractivity contribution is 5.71. The minimum Gasteiger partial charge on any atom is -0.410 e. The van der Waals surface area contributed by atoms with Gasteiger partial charge in [-0.3, -0.25) is 10.1 Å². The fourth-order valence-corrected chi connectivity index (χ4v) is 3.23. The van der Waals surface area contributed by atoms with E-state index in [1.165, 1.54) is 36.4 Å². The minimum atomic E-state index is -0.521. The lowest BCUT2D eigenvalue weighted by Crippen LogP contribution is -2.47. The molecule has 28 heavy (non-hydrogen) atoms. The number of likely N-dealkylation sites (tertiary alicyclic amines) is 1. The number of nitro groups is 1. The summed E-state index contributed by atoms with van der Waals surface area (Å²) in [5, 5.41) is 10.8. The first-order valence-corrected chi connectivity index (χ1v) is 9.08. The summed E-state index contributed by atoms with van der Waals surface area (Å²) >= 11 is 0. The molecule has 2 aromatic rings. The third-order valence-corrected chi connectivity index (χ3v) is 4.88. The van der Waals surface area contributed by atoms with Gasteiger partial charge in [-0.25, -0.2) is 9.18 Å². The van der Waals surface area contributed by atoms with Crippen LogP contribution in [0.4, 0.5) is 14.9 Å². The van der Waals surface area contributed by atoms with Crippen molar-refractivity contribution in [1.82, 2.24) is 9.80 Å². The van der Waals surface area contributed by atoms with Gasteiger partial charge in [-0.05, 0) is 62.8 Å². The Balaban J connectivity index is 1.75. The van der Waals surface area contributed by atoms with Crippen LogP contribution in [0.15, 0.2) is 48.5 Å². The number of benzene rings is 2. The maximum absolute atomic E-state index is 13.2. The number of carbonyl (C=O) groups is 1. The topological polar surface area (TPSA) is 75.9 Å². The highest BCUT2D eigenvalue weighted by Crippen LogP contribution is 2.22. The van der Waals surface area contributed by atoms with E-state index in [0.717, 1.165) is 31.5 Å². The summed E-state index contributed by atoms with van der Waals surface area (Å²) in [6.07, 6.45) is 1.10. The summed E-state index contributed by atoms with van der Waals surface area (Å²) in [5.41, 5.74) is 0.735. The first-order chi connectivity index (χ1) is 13.4. The van der Waals surface area contributed by atoms with Gasteiger partial charge in [-0.15, -0.1) is 0 Å². The van der Waals surface area contributed by atoms with Crippen LogP contribution in [-0.2, 0) is 6.54 Å². The third-order valence-electron chi connectivity index (χ3n) is 4.88. The molecule has 1 aliphatic rings. The van der Waals surface area contributed by atoms with Crippen molar-refractivity contribution in [3.63, 3.8) is 0 Å². The van der Waals surface area contributed by atoms with E-state index in [-0.39, 0.29) is 23.3 Å². The molecule has 0 spiro atoms. The maximum Gasteiger partial charge on any atom is 0.415 e. The number of halogens is 1. The molecule has 3 rings (SSSR count). The van der Waals surface area contributed by atoms with Gasteiger partial charge >= 0.3 is 6.09 Å². The summed E-state index contributed by atoms with van der Waals surface area (Å²) in [6, 6.07) is 11.4. The van der Waals surface area contributed by atoms with E-state index < -0.39 is 11.0 Å². The lowest BCUT2D eigenvalue weighted by Gasteiger charge is -2.36. The van der Waals surface area contributed by atoms with Crippen molar-refractivity contribution in [2.45, 2.75) is 25.4 Å². The van der Waals surface area contributed by atoms with E-state index in [4.69, 9.17) is 4.74 Å². The largest absolute Gasteiger partial charge is 0.415 e. The van der Waals surface area contributed by atoms with Gasteiger partial charge in [-0.1, -0.05) is 12.1 Å². The van der Waals surface area contributed by atoms with Crippen LogP contribution in [0.5, 0.6) is 5.75 Å². The Morgan fingerprint density at radius 3 is 2.36 bits per heavy atom. The number of hydrogen-bond acceptors (Lipinski definition) is 5. The Morgan fingerprint density at radius 1 is 1.18 bits per heavy atom. The van der Waals surface area contributed by atoms with Gasteiger partial charge in [0.1, 0.15) is 11.6 Å². The van der Waals surface area contributed by atoms with Crippen molar-refractivity contribution in [1.29, 1.82) is 0 Å². The number of carbonyl (C=O) groups excluding carboxylic acids is 1. The SMILES string of the molecule is CN1CCC(N(Cc2ccc(F)cc2)C(=O)Oc2ccc([N+](=O)[O-])cc2)CC1. The molecule has 0 saturated carbocycles. The number of nitro benzene ring substituents is 1. The second kappa shape index (κ2) is 8.79. The fourth-order valence-electron chi connectivity index (χ4n) is 3.23. The number of ether oxygens (including phenoxy) is 1. The van der Waals surface area contributed by atoms with Gasteiger partial charge in [0.25, 0.3) is 5.69 Å². The highest BCUT2D eigenvalue weighted by atomic mass is 19.1. The number of nitrogens with zero attached hydrogens (tertiary/aromatic N) is 3. The molecule has 0 unspecified atom stereocenters. The van der Waals surface area contributed by atoms with Crippen molar-refractivity contribution in [3.8, 4) is 5.75 Å². The number of amides is 1. The number of hydrogen-bond donors (Lipinski definition) is 0. The molecule has 2 aromatic carbocycles. The molecule has 1 aliphatic heterocycles. The molecular weight excluding hydrogens is 365 g/mol. The molecule has 1 saturated heterocycles. The molecule has 1 heterocycles. The van der Waals surface area contributed by atoms with Gasteiger partial charge in [-0.2, -0.15) is 0 Å². The summed E-state index contributed by atoms with van der Waals surface area (Å²) in [7, 11) is 2.04. The van der Waals surface area contributed by atoms with Crippen LogP contribution in [0.1, 0.15) is 18.4 Å². The molecule has 8 heteroatoms. The van der Waals surface area contributed by atoms with Crippen LogP contribution in [0.25, 0.3) is 0 Å². The van der Waals surface area contributed by atoms with Crippen molar-refractivity contribution in [3.05, 3.63) is 70.0 Å². The first kappa shape index (κ1) is 19.8. The van der Waals surface area contributed by atoms with Crippen LogP contribution in [0, 0.1) is 15.9 Å². The highest BCUT2D eigenvalue weighted by Gasteiger charge is 2.28. The minimum absolute atomic E-state index is 0.00630. The zero-order chi connectivity index (χ0) is 20.1. The van der Waals surface area contributed by atoms with E-state index in [1.54, 1.807) is 17.0 Å². The molecule has 0 aliphatic carbocycles. The van der Waals surface area contributed by atoms with Crippen molar-refractivity contribution in [2.24, 2.45) is 0 Å². The van der Waals surface area contributed by atoms with E-state index in [1.807, 2.05) is 7.05 Å². The number of non-ortho nitro benzene ring substituents is 1. The molecule has 0 atom stereocenters. The smallest absolute Gasteiger partial charge is 0.410 e. The summed E-state index contributed by atoms with van der Waals surface area (Å²) in [4.78, 5) is 27.0. The number of rotatable bonds is 5. The van der Waals surface area contributed by atoms with Crippen molar-refractivity contribution in [2.75, 3.05) is 20.1 Å². The molecular formula is C20H22FN3O4. The van der Waals surface area contributed by atoms with Gasteiger partial charge < -0.3 is 14.5 Å². The van der Waals surface area contributed by atoms with Gasteiger partial charge in [0, 0.05) is 24.7 Å². The van der Waals surface area contributed by atoms with E-state index in [2.05, 4.69) is 4.90 Å². The van der Waals surface area contributed by atoms with Gasteiger partial charge in [0.15, 0.2) is 0 Å². The summed E-state index contributed by atoms with van der Waals surface area (Å²) in [6.45, 7) is 2.05. The lowest BCUT2D eigenvalue weighted by molar-refractivity contribution is -0.384. The fraction of sp³-hybridized carbons (Fsp3) is 0.350. The average molecular weight is 387 g/mol. The average Bonchev–Trinajstić information content (AvgIpc) is 2.68. The Hall–Kier alpha value is -3.00. The normalized spacial score (nSPS) is 15.2. The quantitative estimate of drug-likeness (QED) is 0.576. The third kappa shape index (κ3) is 5.04.